The molecule has 1 rings (SSSR count). The highest BCUT2D eigenvalue weighted by molar-refractivity contribution is 6.77. The van der Waals surface area contributed by atoms with Crippen LogP contribution < -0.4 is 0 Å². The molecule has 0 radical (unpaired) electrons. The molecule has 0 fully saturated rings. The van der Waals surface area contributed by atoms with Crippen LogP contribution in [0, 0.1) is 11.8 Å². The van der Waals surface area contributed by atoms with Crippen LogP contribution in [-0.2, 0) is 13.9 Å². The van der Waals surface area contributed by atoms with Crippen LogP contribution in [0.25, 0.3) is 0 Å². The fourth-order valence-electron chi connectivity index (χ4n) is 4.73. The third-order valence-electron chi connectivity index (χ3n) is 6.10. The van der Waals surface area contributed by atoms with E-state index < -0.39 is 8.32 Å². The summed E-state index contributed by atoms with van der Waals surface area (Å²) in [6.45, 7) is 19.4. The lowest BCUT2D eigenvalue weighted by Crippen LogP contribution is -2.50. The fraction of sp³-hybridized carbons (Fsp3) is 0.760. The number of rotatable bonds is 9. The molecule has 0 spiro atoms. The molecule has 1 atom stereocenters. The van der Waals surface area contributed by atoms with Gasteiger partial charge in [0.15, 0.2) is 0 Å². The smallest absolute Gasteiger partial charge is 0.201 e. The Kier molecular flexibility index (Phi) is 12.1. The molecule has 0 amide bonds. The second-order valence-electron chi connectivity index (χ2n) is 9.15. The lowest BCUT2D eigenvalue weighted by Gasteiger charge is -2.44. The van der Waals surface area contributed by atoms with E-state index in [9.17, 15) is 0 Å². The van der Waals surface area contributed by atoms with E-state index in [2.05, 4.69) is 66.0 Å². The Morgan fingerprint density at radius 1 is 1.10 bits per heavy atom. The highest BCUT2D eigenvalue weighted by Gasteiger charge is 2.46. The van der Waals surface area contributed by atoms with E-state index in [1.807, 2.05) is 0 Å². The maximum atomic E-state index is 7.07. The minimum absolute atomic E-state index is 0.0537. The Morgan fingerprint density at radius 3 is 2.34 bits per heavy atom. The molecule has 3 nitrogen and oxygen atoms in total. The lowest BCUT2D eigenvalue weighted by atomic mass is 10.0. The van der Waals surface area contributed by atoms with Gasteiger partial charge in [0.1, 0.15) is 6.79 Å². The molecular weight excluding hydrogens is 376 g/mol. The average molecular weight is 421 g/mol. The van der Waals surface area contributed by atoms with E-state index in [0.717, 1.165) is 44.1 Å². The molecule has 1 unspecified atom stereocenters. The minimum atomic E-state index is -1.96. The van der Waals surface area contributed by atoms with Crippen LogP contribution >= 0.6 is 0 Å². The van der Waals surface area contributed by atoms with Crippen molar-refractivity contribution in [2.24, 2.45) is 0 Å². The molecule has 0 saturated heterocycles. The molecule has 0 N–H and O–H groups in total. The standard InChI is InChI=1S/C25H44O3Si/c1-20(2)29(21(3)4,22(5)6)28-25-17-13-12-16-24(18-27-19-26-8)15-11-9-10-14-23(25)7/h15,20-22,25H,7,9,11-13,16-19H2,1-6,8H3/b24-15-. The molecule has 1 aliphatic carbocycles. The molecule has 0 bridgehead atoms. The van der Waals surface area contributed by atoms with Gasteiger partial charge in [-0.3, -0.25) is 0 Å². The number of hydrogen-bond donors (Lipinski definition) is 0. The molecule has 166 valence electrons. The van der Waals surface area contributed by atoms with Crippen LogP contribution in [-0.4, -0.2) is 34.9 Å². The number of methoxy groups -OCH3 is 1. The van der Waals surface area contributed by atoms with Crippen molar-refractivity contribution in [3.05, 3.63) is 23.8 Å². The Morgan fingerprint density at radius 2 is 1.76 bits per heavy atom. The van der Waals surface area contributed by atoms with Crippen LogP contribution in [0.3, 0.4) is 0 Å². The van der Waals surface area contributed by atoms with Crippen molar-refractivity contribution in [1.29, 1.82) is 0 Å². The van der Waals surface area contributed by atoms with Gasteiger partial charge < -0.3 is 13.9 Å². The van der Waals surface area contributed by atoms with Crippen molar-refractivity contribution in [3.8, 4) is 11.8 Å². The second kappa shape index (κ2) is 13.4. The van der Waals surface area contributed by atoms with E-state index in [-0.39, 0.29) is 6.10 Å². The Bertz CT molecular complexity index is 559. The zero-order chi connectivity index (χ0) is 21.9. The first-order valence-electron chi connectivity index (χ1n) is 11.4. The van der Waals surface area contributed by atoms with Crippen molar-refractivity contribution >= 4 is 8.32 Å². The molecule has 0 aromatic rings. The molecule has 1 aliphatic rings. The van der Waals surface area contributed by atoms with Crippen molar-refractivity contribution < 1.29 is 13.9 Å². The van der Waals surface area contributed by atoms with Gasteiger partial charge in [-0.15, -0.1) is 0 Å². The Balaban J connectivity index is 2.94. The van der Waals surface area contributed by atoms with Crippen molar-refractivity contribution in [1.82, 2.24) is 0 Å². The summed E-state index contributed by atoms with van der Waals surface area (Å²) in [5.74, 6) is 6.65. The summed E-state index contributed by atoms with van der Waals surface area (Å²) in [4.78, 5) is 0. The van der Waals surface area contributed by atoms with E-state index in [1.54, 1.807) is 7.11 Å². The van der Waals surface area contributed by atoms with Gasteiger partial charge >= 0.3 is 0 Å². The highest BCUT2D eigenvalue weighted by Crippen LogP contribution is 2.44. The van der Waals surface area contributed by atoms with Gasteiger partial charge in [0.05, 0.1) is 12.7 Å². The Labute approximate surface area is 181 Å². The zero-order valence-corrected chi connectivity index (χ0v) is 21.0. The second-order valence-corrected chi connectivity index (χ2v) is 14.6. The SMILES string of the molecule is C=C1C#CCC/C=C(\COCOC)CCCCC1O[Si](C(C)C)(C(C)C)C(C)C. The van der Waals surface area contributed by atoms with Crippen LogP contribution in [0.2, 0.25) is 16.6 Å². The predicted octanol–water partition coefficient (Wildman–Crippen LogP) is 7.01. The summed E-state index contributed by atoms with van der Waals surface area (Å²) in [5, 5.41) is 0. The normalized spacial score (nSPS) is 21.4. The zero-order valence-electron chi connectivity index (χ0n) is 20.0. The first kappa shape index (κ1) is 26.2. The van der Waals surface area contributed by atoms with Gasteiger partial charge in [0.25, 0.3) is 0 Å². The van der Waals surface area contributed by atoms with Gasteiger partial charge in [-0.05, 0) is 47.9 Å². The first-order chi connectivity index (χ1) is 13.8. The quantitative estimate of drug-likeness (QED) is 0.132. The number of hydrogen-bond acceptors (Lipinski definition) is 3. The van der Waals surface area contributed by atoms with Crippen LogP contribution in [0.1, 0.15) is 80.1 Å². The van der Waals surface area contributed by atoms with Gasteiger partial charge in [-0.1, -0.05) is 72.5 Å². The van der Waals surface area contributed by atoms with Crippen LogP contribution in [0.15, 0.2) is 23.8 Å². The molecule has 0 aromatic carbocycles. The van der Waals surface area contributed by atoms with Gasteiger partial charge in [0, 0.05) is 19.1 Å². The van der Waals surface area contributed by atoms with Gasteiger partial charge in [0.2, 0.25) is 8.32 Å². The fourth-order valence-corrected chi connectivity index (χ4v) is 10.3. The van der Waals surface area contributed by atoms with Crippen LogP contribution in [0.4, 0.5) is 0 Å². The minimum Gasteiger partial charge on any atom is -0.409 e. The third kappa shape index (κ3) is 8.06. The predicted molar refractivity (Wildman–Crippen MR) is 126 cm³/mol. The molecule has 29 heavy (non-hydrogen) atoms. The first-order valence-corrected chi connectivity index (χ1v) is 13.5. The molecule has 0 aromatic heterocycles. The summed E-state index contributed by atoms with van der Waals surface area (Å²) >= 11 is 0. The third-order valence-corrected chi connectivity index (χ3v) is 12.2. The van der Waals surface area contributed by atoms with E-state index >= 15 is 0 Å². The van der Waals surface area contributed by atoms with Gasteiger partial charge in [-0.25, -0.2) is 0 Å². The summed E-state index contributed by atoms with van der Waals surface area (Å²) in [7, 11) is -0.297. The summed E-state index contributed by atoms with van der Waals surface area (Å²) in [6.07, 6.45) is 8.47. The molecular formula is C25H44O3Si. The van der Waals surface area contributed by atoms with Crippen LogP contribution in [0.5, 0.6) is 0 Å². The summed E-state index contributed by atoms with van der Waals surface area (Å²) in [6, 6.07) is 0. The number of ether oxygens (including phenoxy) is 2. The maximum absolute atomic E-state index is 7.07. The Hall–Kier alpha value is -0.863. The van der Waals surface area contributed by atoms with Crippen molar-refractivity contribution in [3.63, 3.8) is 0 Å². The molecule has 0 heterocycles. The highest BCUT2D eigenvalue weighted by atomic mass is 28.4. The molecule has 0 saturated carbocycles. The lowest BCUT2D eigenvalue weighted by molar-refractivity contribution is -0.0218. The number of allylic oxidation sites excluding steroid dienone is 1. The summed E-state index contributed by atoms with van der Waals surface area (Å²) in [5.41, 5.74) is 4.03. The topological polar surface area (TPSA) is 27.7 Å². The molecule has 0 aliphatic heterocycles. The van der Waals surface area contributed by atoms with E-state index in [1.165, 1.54) is 5.57 Å². The van der Waals surface area contributed by atoms with Crippen molar-refractivity contribution in [2.75, 3.05) is 20.5 Å². The van der Waals surface area contributed by atoms with E-state index in [0.29, 0.717) is 30.0 Å². The van der Waals surface area contributed by atoms with E-state index in [4.69, 9.17) is 13.9 Å². The molecule has 4 heteroatoms. The maximum Gasteiger partial charge on any atom is 0.201 e. The van der Waals surface area contributed by atoms with Gasteiger partial charge in [-0.2, -0.15) is 0 Å². The average Bonchev–Trinajstić information content (AvgIpc) is 2.64. The monoisotopic (exact) mass is 420 g/mol. The summed E-state index contributed by atoms with van der Waals surface area (Å²) < 4.78 is 17.6. The largest absolute Gasteiger partial charge is 0.409 e. The van der Waals surface area contributed by atoms with Crippen molar-refractivity contribution in [2.45, 2.75) is 103 Å².